The summed E-state index contributed by atoms with van der Waals surface area (Å²) in [4.78, 5) is 0. The summed E-state index contributed by atoms with van der Waals surface area (Å²) in [5, 5.41) is 1.18. The lowest BCUT2D eigenvalue weighted by Crippen LogP contribution is -2.45. The normalized spacial score (nSPS) is 12.0. The zero-order valence-electron chi connectivity index (χ0n) is 32.0. The SMILES string of the molecule is CCO[Si](CCCCCCCCCCCCCCCCCCCCCCCCCCCCCCCCCCCBr)(OCC)OCC. The molecule has 0 aliphatic rings. The molecule has 0 aromatic heterocycles. The van der Waals surface area contributed by atoms with E-state index in [2.05, 4.69) is 15.9 Å². The van der Waals surface area contributed by atoms with E-state index < -0.39 is 8.80 Å². The van der Waals surface area contributed by atoms with Gasteiger partial charge in [0.05, 0.1) is 0 Å². The first kappa shape index (κ1) is 46.6. The van der Waals surface area contributed by atoms with E-state index in [4.69, 9.17) is 13.3 Å². The number of hydrogen-bond donors (Lipinski definition) is 0. The van der Waals surface area contributed by atoms with E-state index in [1.165, 1.54) is 217 Å². The van der Waals surface area contributed by atoms with Crippen molar-refractivity contribution >= 4 is 24.7 Å². The molecule has 0 heterocycles. The van der Waals surface area contributed by atoms with Crippen molar-refractivity contribution in [3.63, 3.8) is 0 Å². The second kappa shape index (κ2) is 40.0. The first-order chi connectivity index (χ1) is 22.7. The maximum atomic E-state index is 5.98. The maximum absolute atomic E-state index is 5.98. The van der Waals surface area contributed by atoms with Gasteiger partial charge >= 0.3 is 8.80 Å². The molecule has 0 fully saturated rings. The Morgan fingerprint density at radius 2 is 0.457 bits per heavy atom. The van der Waals surface area contributed by atoms with E-state index >= 15 is 0 Å². The van der Waals surface area contributed by atoms with E-state index in [1.54, 1.807) is 0 Å². The van der Waals surface area contributed by atoms with Gasteiger partial charge in [0.1, 0.15) is 0 Å². The van der Waals surface area contributed by atoms with Crippen LogP contribution in [0.5, 0.6) is 0 Å². The smallest absolute Gasteiger partial charge is 0.374 e. The van der Waals surface area contributed by atoms with Gasteiger partial charge in [-0.05, 0) is 33.6 Å². The average molecular weight is 734 g/mol. The third-order valence-corrected chi connectivity index (χ3v) is 13.4. The molecule has 3 nitrogen and oxygen atoms in total. The van der Waals surface area contributed by atoms with E-state index in [9.17, 15) is 0 Å². The molecule has 0 spiro atoms. The fourth-order valence-electron chi connectivity index (χ4n) is 6.92. The lowest BCUT2D eigenvalue weighted by Gasteiger charge is -2.28. The largest absolute Gasteiger partial charge is 0.500 e. The zero-order valence-corrected chi connectivity index (χ0v) is 34.6. The Labute approximate surface area is 300 Å². The molecule has 0 rings (SSSR count). The number of rotatable bonds is 41. The molecule has 0 unspecified atom stereocenters. The standard InChI is InChI=1S/C41H85BrO3Si/c1-4-43-46(44-5-2,45-6-3)41-39-37-35-33-31-29-27-25-23-21-19-17-15-13-11-9-7-8-10-12-14-16-18-20-22-24-26-28-30-32-34-36-38-40-42/h4-41H2,1-3H3. The van der Waals surface area contributed by atoms with Crippen molar-refractivity contribution in [2.45, 2.75) is 239 Å². The molecular weight excluding hydrogens is 648 g/mol. The zero-order chi connectivity index (χ0) is 33.5. The molecule has 278 valence electrons. The van der Waals surface area contributed by atoms with Gasteiger partial charge in [0.25, 0.3) is 0 Å². The highest BCUT2D eigenvalue weighted by Gasteiger charge is 2.39. The number of alkyl halides is 1. The van der Waals surface area contributed by atoms with Crippen molar-refractivity contribution in [1.29, 1.82) is 0 Å². The van der Waals surface area contributed by atoms with Crippen LogP contribution in [-0.2, 0) is 13.3 Å². The van der Waals surface area contributed by atoms with Crippen molar-refractivity contribution in [3.05, 3.63) is 0 Å². The summed E-state index contributed by atoms with van der Waals surface area (Å²) in [6, 6.07) is 0.974. The Bertz CT molecular complexity index is 533. The molecule has 0 bridgehead atoms. The Kier molecular flexibility index (Phi) is 40.5. The molecule has 0 saturated heterocycles. The van der Waals surface area contributed by atoms with Gasteiger partial charge in [0.2, 0.25) is 0 Å². The summed E-state index contributed by atoms with van der Waals surface area (Å²) in [5.74, 6) is 0. The van der Waals surface area contributed by atoms with Crippen LogP contribution in [0.2, 0.25) is 6.04 Å². The molecule has 46 heavy (non-hydrogen) atoms. The monoisotopic (exact) mass is 733 g/mol. The summed E-state index contributed by atoms with van der Waals surface area (Å²) in [5.41, 5.74) is 0. The summed E-state index contributed by atoms with van der Waals surface area (Å²) in [6.45, 7) is 8.19. The quantitative estimate of drug-likeness (QED) is 0.0356. The van der Waals surface area contributed by atoms with E-state index in [1.807, 2.05) is 20.8 Å². The molecule has 0 saturated carbocycles. The van der Waals surface area contributed by atoms with Gasteiger partial charge < -0.3 is 13.3 Å². The Balaban J connectivity index is 3.22. The van der Waals surface area contributed by atoms with Crippen LogP contribution in [0.15, 0.2) is 0 Å². The fourth-order valence-corrected chi connectivity index (χ4v) is 10.00. The van der Waals surface area contributed by atoms with Crippen LogP contribution in [0, 0.1) is 0 Å². The van der Waals surface area contributed by atoms with Crippen LogP contribution in [0.4, 0.5) is 0 Å². The Morgan fingerprint density at radius 3 is 0.630 bits per heavy atom. The van der Waals surface area contributed by atoms with Gasteiger partial charge in [-0.25, -0.2) is 0 Å². The molecule has 0 aromatic rings. The van der Waals surface area contributed by atoms with E-state index in [0.29, 0.717) is 19.8 Å². The second-order valence-electron chi connectivity index (χ2n) is 14.1. The summed E-state index contributed by atoms with van der Waals surface area (Å²) < 4.78 is 17.9. The molecule has 0 amide bonds. The maximum Gasteiger partial charge on any atom is 0.500 e. The van der Waals surface area contributed by atoms with E-state index in [0.717, 1.165) is 6.04 Å². The van der Waals surface area contributed by atoms with Crippen LogP contribution >= 0.6 is 15.9 Å². The van der Waals surface area contributed by atoms with Crippen molar-refractivity contribution in [2.75, 3.05) is 25.2 Å². The van der Waals surface area contributed by atoms with Gasteiger partial charge in [0, 0.05) is 31.2 Å². The van der Waals surface area contributed by atoms with Crippen LogP contribution < -0.4 is 0 Å². The minimum Gasteiger partial charge on any atom is -0.374 e. The lowest BCUT2D eigenvalue weighted by molar-refractivity contribution is 0.0706. The molecule has 0 atom stereocenters. The number of halogens is 1. The van der Waals surface area contributed by atoms with Gasteiger partial charge in [-0.1, -0.05) is 215 Å². The highest BCUT2D eigenvalue weighted by Crippen LogP contribution is 2.21. The second-order valence-corrected chi connectivity index (χ2v) is 17.6. The van der Waals surface area contributed by atoms with Crippen molar-refractivity contribution in [1.82, 2.24) is 0 Å². The Morgan fingerprint density at radius 1 is 0.283 bits per heavy atom. The molecule has 0 aliphatic carbocycles. The summed E-state index contributed by atoms with van der Waals surface area (Å²) >= 11 is 3.53. The van der Waals surface area contributed by atoms with Crippen molar-refractivity contribution in [3.8, 4) is 0 Å². The average Bonchev–Trinajstić information content (AvgIpc) is 3.05. The first-order valence-electron chi connectivity index (χ1n) is 21.2. The highest BCUT2D eigenvalue weighted by atomic mass is 79.9. The van der Waals surface area contributed by atoms with Gasteiger partial charge in [-0.3, -0.25) is 0 Å². The van der Waals surface area contributed by atoms with Crippen LogP contribution in [0.3, 0.4) is 0 Å². The molecule has 0 radical (unpaired) electrons. The third-order valence-electron chi connectivity index (χ3n) is 9.71. The lowest BCUT2D eigenvalue weighted by atomic mass is 10.0. The molecule has 5 heteroatoms. The van der Waals surface area contributed by atoms with Crippen LogP contribution in [0.1, 0.15) is 233 Å². The number of hydrogen-bond acceptors (Lipinski definition) is 3. The van der Waals surface area contributed by atoms with Crippen LogP contribution in [-0.4, -0.2) is 34.0 Å². The third kappa shape index (κ3) is 34.4. The molecule has 0 aromatic carbocycles. The minimum atomic E-state index is -2.42. The highest BCUT2D eigenvalue weighted by molar-refractivity contribution is 9.09. The molecule has 0 N–H and O–H groups in total. The first-order valence-corrected chi connectivity index (χ1v) is 24.3. The predicted octanol–water partition coefficient (Wildman–Crippen LogP) is 15.3. The minimum absolute atomic E-state index is 0.686. The molecule has 0 aliphatic heterocycles. The summed E-state index contributed by atoms with van der Waals surface area (Å²) in [6.07, 6.45) is 47.6. The fraction of sp³-hybridized carbons (Fsp3) is 1.00. The van der Waals surface area contributed by atoms with Gasteiger partial charge in [-0.15, -0.1) is 0 Å². The van der Waals surface area contributed by atoms with Gasteiger partial charge in [-0.2, -0.15) is 0 Å². The van der Waals surface area contributed by atoms with E-state index in [-0.39, 0.29) is 0 Å². The topological polar surface area (TPSA) is 27.7 Å². The van der Waals surface area contributed by atoms with Crippen LogP contribution in [0.25, 0.3) is 0 Å². The Hall–Kier alpha value is 0.577. The van der Waals surface area contributed by atoms with Gasteiger partial charge in [0.15, 0.2) is 0 Å². The molecular formula is C41H85BrO3Si. The summed E-state index contributed by atoms with van der Waals surface area (Å²) in [7, 11) is -2.42. The number of unbranched alkanes of at least 4 members (excludes halogenated alkanes) is 32. The van der Waals surface area contributed by atoms with Crippen molar-refractivity contribution < 1.29 is 13.3 Å². The predicted molar refractivity (Wildman–Crippen MR) is 212 cm³/mol. The van der Waals surface area contributed by atoms with Crippen molar-refractivity contribution in [2.24, 2.45) is 0 Å².